The second kappa shape index (κ2) is 5.54. The summed E-state index contributed by atoms with van der Waals surface area (Å²) >= 11 is 0. The Morgan fingerprint density at radius 2 is 1.90 bits per heavy atom. The van der Waals surface area contributed by atoms with Crippen molar-refractivity contribution in [2.75, 3.05) is 18.0 Å². The second-order valence-electron chi connectivity index (χ2n) is 5.16. The number of hydrogen-bond donors (Lipinski definition) is 1. The lowest BCUT2D eigenvalue weighted by Gasteiger charge is -2.24. The first-order valence-corrected chi connectivity index (χ1v) is 6.98. The van der Waals surface area contributed by atoms with Gasteiger partial charge in [-0.05, 0) is 24.6 Å². The van der Waals surface area contributed by atoms with Gasteiger partial charge in [-0.15, -0.1) is 0 Å². The average molecular weight is 283 g/mol. The molecule has 0 amide bonds. The van der Waals surface area contributed by atoms with Gasteiger partial charge in [-0.1, -0.05) is 30.3 Å². The van der Waals surface area contributed by atoms with Gasteiger partial charge < -0.3 is 10.2 Å². The molecule has 5 nitrogen and oxygen atoms in total. The molecule has 21 heavy (non-hydrogen) atoms. The smallest absolute Gasteiger partial charge is 0.295 e. The van der Waals surface area contributed by atoms with Crippen molar-refractivity contribution in [3.05, 3.63) is 63.7 Å². The summed E-state index contributed by atoms with van der Waals surface area (Å²) in [7, 11) is 0. The first-order valence-electron chi connectivity index (χ1n) is 6.98. The molecule has 5 heteroatoms. The molecule has 0 fully saturated rings. The first kappa shape index (κ1) is 13.6. The fourth-order valence-corrected chi connectivity index (χ4v) is 2.81. The summed E-state index contributed by atoms with van der Waals surface area (Å²) in [6.45, 7) is 4.07. The molecule has 0 aromatic heterocycles. The predicted molar refractivity (Wildman–Crippen MR) is 83.0 cm³/mol. The maximum Gasteiger partial charge on any atom is 0.295 e. The Bertz CT molecular complexity index is 685. The molecule has 3 rings (SSSR count). The maximum atomic E-state index is 11.4. The molecule has 0 atom stereocenters. The number of nitro groups is 1. The zero-order valence-electron chi connectivity index (χ0n) is 11.9. The molecule has 0 bridgehead atoms. The van der Waals surface area contributed by atoms with Gasteiger partial charge in [0.05, 0.1) is 4.92 Å². The molecule has 0 saturated carbocycles. The van der Waals surface area contributed by atoms with Gasteiger partial charge >= 0.3 is 0 Å². The van der Waals surface area contributed by atoms with E-state index < -0.39 is 0 Å². The molecule has 0 spiro atoms. The third-order valence-electron chi connectivity index (χ3n) is 3.80. The van der Waals surface area contributed by atoms with E-state index in [-0.39, 0.29) is 10.6 Å². The Hall–Kier alpha value is -2.40. The Balaban J connectivity index is 2.17. The van der Waals surface area contributed by atoms with Gasteiger partial charge in [-0.2, -0.15) is 0 Å². The fraction of sp³-hybridized carbons (Fsp3) is 0.250. The van der Waals surface area contributed by atoms with E-state index in [1.54, 1.807) is 13.0 Å². The number of nitrogens with zero attached hydrogens (tertiary/aromatic N) is 2. The number of nitrogens with one attached hydrogen (secondary N) is 1. The summed E-state index contributed by atoms with van der Waals surface area (Å²) in [5.41, 5.74) is 3.74. The van der Waals surface area contributed by atoms with E-state index in [9.17, 15) is 10.1 Å². The number of anilines is 2. The van der Waals surface area contributed by atoms with Crippen LogP contribution in [-0.4, -0.2) is 18.0 Å². The minimum Gasteiger partial charge on any atom is -0.334 e. The van der Waals surface area contributed by atoms with Crippen LogP contribution < -0.4 is 10.2 Å². The summed E-state index contributed by atoms with van der Waals surface area (Å²) in [5, 5.41) is 14.8. The van der Waals surface area contributed by atoms with Crippen LogP contribution in [0.25, 0.3) is 0 Å². The molecule has 2 aromatic carbocycles. The standard InChI is InChI=1S/C16H17N3O2/c1-12-5-4-8-15(16(12)19(20)21)18-10-9-17-11-13-6-2-3-7-14(13)18/h2-8,17H,9-11H2,1H3. The quantitative estimate of drug-likeness (QED) is 0.679. The summed E-state index contributed by atoms with van der Waals surface area (Å²) in [4.78, 5) is 13.2. The van der Waals surface area contributed by atoms with Crippen LogP contribution in [0.5, 0.6) is 0 Å². The van der Waals surface area contributed by atoms with Crippen LogP contribution in [0.15, 0.2) is 42.5 Å². The van der Waals surface area contributed by atoms with E-state index in [0.29, 0.717) is 17.8 Å². The molecule has 1 heterocycles. The highest BCUT2D eigenvalue weighted by atomic mass is 16.6. The number of aryl methyl sites for hydroxylation is 1. The maximum absolute atomic E-state index is 11.4. The van der Waals surface area contributed by atoms with Crippen LogP contribution in [0.4, 0.5) is 17.1 Å². The van der Waals surface area contributed by atoms with E-state index >= 15 is 0 Å². The number of rotatable bonds is 2. The van der Waals surface area contributed by atoms with Crippen LogP contribution in [0.3, 0.4) is 0 Å². The second-order valence-corrected chi connectivity index (χ2v) is 5.16. The monoisotopic (exact) mass is 283 g/mol. The predicted octanol–water partition coefficient (Wildman–Crippen LogP) is 3.14. The summed E-state index contributed by atoms with van der Waals surface area (Å²) in [6.07, 6.45) is 0. The number of benzene rings is 2. The van der Waals surface area contributed by atoms with Gasteiger partial charge in [0.1, 0.15) is 5.69 Å². The zero-order valence-corrected chi connectivity index (χ0v) is 11.9. The Kier molecular flexibility index (Phi) is 3.58. The third kappa shape index (κ3) is 2.48. The Morgan fingerprint density at radius 3 is 2.71 bits per heavy atom. The highest BCUT2D eigenvalue weighted by molar-refractivity contribution is 5.75. The van der Waals surface area contributed by atoms with Crippen LogP contribution >= 0.6 is 0 Å². The molecule has 0 radical (unpaired) electrons. The molecular weight excluding hydrogens is 266 g/mol. The lowest BCUT2D eigenvalue weighted by molar-refractivity contribution is -0.384. The van der Waals surface area contributed by atoms with E-state index in [1.807, 2.05) is 35.2 Å². The van der Waals surface area contributed by atoms with Crippen LogP contribution in [0.1, 0.15) is 11.1 Å². The van der Waals surface area contributed by atoms with E-state index in [4.69, 9.17) is 0 Å². The molecule has 0 aliphatic carbocycles. The normalized spacial score (nSPS) is 14.4. The average Bonchev–Trinajstić information content (AvgIpc) is 2.68. The number of nitro benzene ring substituents is 1. The van der Waals surface area contributed by atoms with Crippen LogP contribution in [-0.2, 0) is 6.54 Å². The van der Waals surface area contributed by atoms with Crippen molar-refractivity contribution in [3.63, 3.8) is 0 Å². The van der Waals surface area contributed by atoms with Crippen molar-refractivity contribution in [3.8, 4) is 0 Å². The molecule has 0 saturated heterocycles. The summed E-state index contributed by atoms with van der Waals surface area (Å²) in [6, 6.07) is 13.5. The largest absolute Gasteiger partial charge is 0.334 e. The SMILES string of the molecule is Cc1cccc(N2CCNCc3ccccc32)c1[N+](=O)[O-]. The van der Waals surface area contributed by atoms with Crippen molar-refractivity contribution < 1.29 is 4.92 Å². The first-order chi connectivity index (χ1) is 10.2. The number of hydrogen-bond acceptors (Lipinski definition) is 4. The zero-order chi connectivity index (χ0) is 14.8. The molecule has 108 valence electrons. The van der Waals surface area contributed by atoms with Gasteiger partial charge in [-0.3, -0.25) is 10.1 Å². The molecular formula is C16H17N3O2. The molecule has 1 aliphatic rings. The van der Waals surface area contributed by atoms with Crippen molar-refractivity contribution in [2.24, 2.45) is 0 Å². The van der Waals surface area contributed by atoms with Crippen LogP contribution in [0, 0.1) is 17.0 Å². The highest BCUT2D eigenvalue weighted by Crippen LogP contribution is 2.37. The lowest BCUT2D eigenvalue weighted by Crippen LogP contribution is -2.25. The van der Waals surface area contributed by atoms with E-state index in [0.717, 1.165) is 24.3 Å². The van der Waals surface area contributed by atoms with Crippen molar-refractivity contribution in [1.29, 1.82) is 0 Å². The van der Waals surface area contributed by atoms with Crippen molar-refractivity contribution in [1.82, 2.24) is 5.32 Å². The van der Waals surface area contributed by atoms with E-state index in [2.05, 4.69) is 11.4 Å². The number of para-hydroxylation sites is 2. The van der Waals surface area contributed by atoms with Crippen molar-refractivity contribution in [2.45, 2.75) is 13.5 Å². The van der Waals surface area contributed by atoms with Gasteiger partial charge in [0.15, 0.2) is 0 Å². The van der Waals surface area contributed by atoms with Gasteiger partial charge in [0.25, 0.3) is 5.69 Å². The van der Waals surface area contributed by atoms with Crippen LogP contribution in [0.2, 0.25) is 0 Å². The number of fused-ring (bicyclic) bond motifs is 1. The molecule has 1 aliphatic heterocycles. The van der Waals surface area contributed by atoms with Gasteiger partial charge in [-0.25, -0.2) is 0 Å². The Morgan fingerprint density at radius 1 is 1.14 bits per heavy atom. The lowest BCUT2D eigenvalue weighted by atomic mass is 10.1. The highest BCUT2D eigenvalue weighted by Gasteiger charge is 2.25. The van der Waals surface area contributed by atoms with Gasteiger partial charge in [0, 0.05) is 30.9 Å². The summed E-state index contributed by atoms with van der Waals surface area (Å²) in [5.74, 6) is 0. The third-order valence-corrected chi connectivity index (χ3v) is 3.80. The van der Waals surface area contributed by atoms with E-state index in [1.165, 1.54) is 0 Å². The molecule has 0 unspecified atom stereocenters. The topological polar surface area (TPSA) is 58.4 Å². The summed E-state index contributed by atoms with van der Waals surface area (Å²) < 4.78 is 0. The minimum absolute atomic E-state index is 0.189. The minimum atomic E-state index is -0.286. The van der Waals surface area contributed by atoms with Gasteiger partial charge in [0.2, 0.25) is 0 Å². The molecule has 2 aromatic rings. The Labute approximate surface area is 123 Å². The van der Waals surface area contributed by atoms with Crippen molar-refractivity contribution >= 4 is 17.1 Å². The fourth-order valence-electron chi connectivity index (χ4n) is 2.81. The molecule has 1 N–H and O–H groups in total.